The maximum atomic E-state index is 2.38. The second-order valence-corrected chi connectivity index (χ2v) is 36.4. The number of hydrogen-bond acceptors (Lipinski definition) is 6. The molecule has 0 fully saturated rings. The molecule has 0 saturated carbocycles. The van der Waals surface area contributed by atoms with Gasteiger partial charge in [-0.05, 0) is 257 Å². The van der Waals surface area contributed by atoms with Gasteiger partial charge in [0.15, 0.2) is 0 Å². The molecule has 20 aromatic carbocycles. The van der Waals surface area contributed by atoms with Crippen molar-refractivity contribution in [2.45, 2.75) is 0 Å². The van der Waals surface area contributed by atoms with Crippen molar-refractivity contribution in [2.24, 2.45) is 0 Å². The lowest BCUT2D eigenvalue weighted by atomic mass is 9.92. The van der Waals surface area contributed by atoms with Crippen LogP contribution in [-0.4, -0.2) is 0 Å². The zero-order chi connectivity index (χ0) is 83.4. The Morgan fingerprint density at radius 3 is 0.659 bits per heavy atom. The molecule has 6 heteroatoms. The van der Waals surface area contributed by atoms with Gasteiger partial charge >= 0.3 is 0 Å². The highest BCUT2D eigenvalue weighted by Crippen LogP contribution is 2.49. The first-order chi connectivity index (χ1) is 62.4. The quantitative estimate of drug-likeness (QED) is 0.0951. The fourth-order valence-electron chi connectivity index (χ4n) is 18.3. The highest BCUT2D eigenvalue weighted by molar-refractivity contribution is 7.27. The SMILES string of the molecule is c1ccc(-c2ccc(N(c3ccc(-c4cc(-c5ccccc5)cc(-c5ccc6sc7ccccc7c6c5)c4)cc3)c3ccc(-c4cccc5c4sc4ccccc45)cc3)cc2)cc1.c1ccc(-c2ccc(N(c3ccc(-c4cc(-c5ccccc5)cc(-c5cccc6c5sc5ccccc56)c4)cc3)c3ccc(-c4cccc5c4sc4ccccc45)cc3)cc2)cc1. The Morgan fingerprint density at radius 1 is 0.119 bits per heavy atom. The molecule has 0 saturated heterocycles. The molecule has 0 radical (unpaired) electrons. The molecule has 24 aromatic rings. The predicted octanol–water partition coefficient (Wildman–Crippen LogP) is 36.5. The molecular weight excluding hydrogens is 1600 g/mol. The second kappa shape index (κ2) is 32.9. The molecule has 0 atom stereocenters. The molecular formula is C120H78N2S4. The van der Waals surface area contributed by atoms with Crippen LogP contribution in [0.15, 0.2) is 473 Å². The summed E-state index contributed by atoms with van der Waals surface area (Å²) in [4.78, 5) is 4.74. The summed E-state index contributed by atoms with van der Waals surface area (Å²) in [5.41, 5.74) is 30.8. The van der Waals surface area contributed by atoms with E-state index in [2.05, 4.69) is 483 Å². The largest absolute Gasteiger partial charge is 0.311 e. The van der Waals surface area contributed by atoms with Crippen LogP contribution in [0.3, 0.4) is 0 Å². The summed E-state index contributed by atoms with van der Waals surface area (Å²) < 4.78 is 10.6. The maximum Gasteiger partial charge on any atom is 0.0462 e. The van der Waals surface area contributed by atoms with Gasteiger partial charge in [-0.25, -0.2) is 0 Å². The number of hydrogen-bond donors (Lipinski definition) is 0. The first kappa shape index (κ1) is 75.8. The minimum Gasteiger partial charge on any atom is -0.311 e. The van der Waals surface area contributed by atoms with Crippen LogP contribution in [0.25, 0.3) is 192 Å². The van der Waals surface area contributed by atoms with E-state index in [1.165, 1.54) is 192 Å². The summed E-state index contributed by atoms with van der Waals surface area (Å²) in [5.74, 6) is 0. The van der Waals surface area contributed by atoms with Crippen LogP contribution in [0.2, 0.25) is 0 Å². The van der Waals surface area contributed by atoms with Gasteiger partial charge < -0.3 is 9.80 Å². The zero-order valence-corrected chi connectivity index (χ0v) is 71.8. The number of anilines is 6. The van der Waals surface area contributed by atoms with Crippen LogP contribution in [0.1, 0.15) is 0 Å². The summed E-state index contributed by atoms with van der Waals surface area (Å²) in [6.07, 6.45) is 0. The molecule has 0 aliphatic rings. The molecule has 24 rings (SSSR count). The Hall–Kier alpha value is -15.1. The van der Waals surface area contributed by atoms with E-state index < -0.39 is 0 Å². The van der Waals surface area contributed by atoms with Crippen molar-refractivity contribution < 1.29 is 0 Å². The van der Waals surface area contributed by atoms with Crippen molar-refractivity contribution in [2.75, 3.05) is 9.80 Å². The minimum absolute atomic E-state index is 1.10. The number of nitrogens with zero attached hydrogens (tertiary/aromatic N) is 2. The monoisotopic (exact) mass is 1670 g/mol. The number of rotatable bonds is 16. The normalized spacial score (nSPS) is 11.5. The molecule has 0 aliphatic heterocycles. The molecule has 0 spiro atoms. The summed E-state index contributed by atoms with van der Waals surface area (Å²) in [5, 5.41) is 10.5. The summed E-state index contributed by atoms with van der Waals surface area (Å²) in [6.45, 7) is 0. The number of benzene rings is 20. The lowest BCUT2D eigenvalue weighted by Crippen LogP contribution is -2.09. The first-order valence-corrected chi connectivity index (χ1v) is 46.1. The van der Waals surface area contributed by atoms with E-state index in [0.29, 0.717) is 0 Å². The molecule has 592 valence electrons. The van der Waals surface area contributed by atoms with Gasteiger partial charge in [-0.1, -0.05) is 328 Å². The fourth-order valence-corrected chi connectivity index (χ4v) is 23.1. The maximum absolute atomic E-state index is 2.38. The zero-order valence-electron chi connectivity index (χ0n) is 68.6. The van der Waals surface area contributed by atoms with Gasteiger partial charge in [0, 0.05) is 115 Å². The van der Waals surface area contributed by atoms with Crippen LogP contribution < -0.4 is 9.80 Å². The standard InChI is InChI=1S/2C60H39NS2/c1-3-12-40(13-4-1)42-22-29-49(30-23-42)61(51-33-26-44(27-34-51)52-18-11-19-55-53-16-7-10-21-58(53)63-60(52)55)50-31-24-43(25-32-50)47-36-46(41-14-5-2-6-15-41)37-48(38-47)45-28-35-59-56(39-45)54-17-8-9-20-57(54)62-59;1-3-13-40(14-4-1)42-25-31-48(32-26-42)61(50-35-29-44(30-36-50)51-19-11-21-55-53-17-7-9-23-57(53)62-59(51)55)49-33-27-43(28-34-49)46-37-45(41-15-5-2-6-16-41)38-47(39-46)52-20-12-22-56-54-18-8-10-24-58(54)63-60(52)56/h2*1-39H. The summed E-state index contributed by atoms with van der Waals surface area (Å²) >= 11 is 7.50. The minimum atomic E-state index is 1.10. The second-order valence-electron chi connectivity index (χ2n) is 32.2. The van der Waals surface area contributed by atoms with Gasteiger partial charge in [-0.2, -0.15) is 0 Å². The van der Waals surface area contributed by atoms with Crippen molar-refractivity contribution in [3.63, 3.8) is 0 Å². The van der Waals surface area contributed by atoms with Crippen molar-refractivity contribution >= 4 is 160 Å². The Labute approximate surface area is 748 Å². The van der Waals surface area contributed by atoms with Gasteiger partial charge in [-0.15, -0.1) is 45.3 Å². The van der Waals surface area contributed by atoms with E-state index in [9.17, 15) is 0 Å². The Balaban J connectivity index is 0.000000145. The highest BCUT2D eigenvalue weighted by Gasteiger charge is 2.22. The Bertz CT molecular complexity index is 8130. The Morgan fingerprint density at radius 2 is 0.333 bits per heavy atom. The van der Waals surface area contributed by atoms with E-state index >= 15 is 0 Å². The average molecular weight is 1680 g/mol. The lowest BCUT2D eigenvalue weighted by Gasteiger charge is -2.26. The van der Waals surface area contributed by atoms with E-state index in [-0.39, 0.29) is 0 Å². The third-order valence-electron chi connectivity index (χ3n) is 24.6. The van der Waals surface area contributed by atoms with Gasteiger partial charge in [-0.3, -0.25) is 0 Å². The van der Waals surface area contributed by atoms with Gasteiger partial charge in [0.1, 0.15) is 0 Å². The lowest BCUT2D eigenvalue weighted by molar-refractivity contribution is 1.28. The van der Waals surface area contributed by atoms with E-state index in [0.717, 1.165) is 34.1 Å². The van der Waals surface area contributed by atoms with Gasteiger partial charge in [0.05, 0.1) is 0 Å². The third kappa shape index (κ3) is 14.5. The molecule has 0 unspecified atom stereocenters. The van der Waals surface area contributed by atoms with E-state index in [1.54, 1.807) is 0 Å². The van der Waals surface area contributed by atoms with Crippen LogP contribution in [0.5, 0.6) is 0 Å². The molecule has 0 amide bonds. The van der Waals surface area contributed by atoms with Crippen molar-refractivity contribution in [1.82, 2.24) is 0 Å². The number of thiophene rings is 4. The molecule has 0 bridgehead atoms. The Kier molecular flexibility index (Phi) is 19.8. The van der Waals surface area contributed by atoms with Crippen molar-refractivity contribution in [1.29, 1.82) is 0 Å². The summed E-state index contributed by atoms with van der Waals surface area (Å²) in [6, 6.07) is 173. The smallest absolute Gasteiger partial charge is 0.0462 e. The number of fused-ring (bicyclic) bond motifs is 12. The van der Waals surface area contributed by atoms with Crippen LogP contribution in [0.4, 0.5) is 34.1 Å². The molecule has 4 heterocycles. The third-order valence-corrected chi connectivity index (χ3v) is 29.4. The van der Waals surface area contributed by atoms with Crippen LogP contribution in [-0.2, 0) is 0 Å². The average Bonchev–Trinajstić information content (AvgIpc) is 1.55. The van der Waals surface area contributed by atoms with E-state index in [4.69, 9.17) is 0 Å². The van der Waals surface area contributed by atoms with Crippen LogP contribution in [0, 0.1) is 0 Å². The molecule has 4 aromatic heterocycles. The molecule has 0 aliphatic carbocycles. The van der Waals surface area contributed by atoms with E-state index in [1.807, 2.05) is 45.3 Å². The topological polar surface area (TPSA) is 6.48 Å². The van der Waals surface area contributed by atoms with Gasteiger partial charge in [0.2, 0.25) is 0 Å². The van der Waals surface area contributed by atoms with Crippen molar-refractivity contribution in [3.8, 4) is 111 Å². The first-order valence-electron chi connectivity index (χ1n) is 42.8. The molecule has 0 N–H and O–H groups in total. The van der Waals surface area contributed by atoms with Crippen LogP contribution >= 0.6 is 45.3 Å². The highest BCUT2D eigenvalue weighted by atomic mass is 32.1. The van der Waals surface area contributed by atoms with Crippen molar-refractivity contribution in [3.05, 3.63) is 473 Å². The van der Waals surface area contributed by atoms with Gasteiger partial charge in [0.25, 0.3) is 0 Å². The molecule has 2 nitrogen and oxygen atoms in total. The summed E-state index contributed by atoms with van der Waals surface area (Å²) in [7, 11) is 0. The fraction of sp³-hybridized carbons (Fsp3) is 0. The predicted molar refractivity (Wildman–Crippen MR) is 548 cm³/mol. The molecule has 126 heavy (non-hydrogen) atoms.